The van der Waals surface area contributed by atoms with Crippen LogP contribution >= 0.6 is 11.8 Å². The maximum Gasteiger partial charge on any atom is 0.235 e. The average molecular weight is 449 g/mol. The zero-order valence-corrected chi connectivity index (χ0v) is 19.5. The summed E-state index contributed by atoms with van der Waals surface area (Å²) in [7, 11) is 4.16. The van der Waals surface area contributed by atoms with Gasteiger partial charge in [0.2, 0.25) is 5.91 Å². The van der Waals surface area contributed by atoms with E-state index in [-0.39, 0.29) is 0 Å². The van der Waals surface area contributed by atoms with Gasteiger partial charge in [0.25, 0.3) is 0 Å². The maximum absolute atomic E-state index is 12.3. The first-order chi connectivity index (χ1) is 15.4. The Hall–Kier alpha value is -3.07. The Morgan fingerprint density at radius 1 is 1.22 bits per heavy atom. The number of hydrogen-bond acceptors (Lipinski definition) is 7. The molecule has 1 aromatic carbocycles. The van der Waals surface area contributed by atoms with Gasteiger partial charge in [-0.2, -0.15) is 10.5 Å². The molecule has 0 saturated carbocycles. The number of nitrogens with zero attached hydrogens (tertiary/aromatic N) is 5. The molecule has 8 heteroatoms. The van der Waals surface area contributed by atoms with Crippen LogP contribution in [0.3, 0.4) is 0 Å². The number of benzene rings is 1. The van der Waals surface area contributed by atoms with E-state index in [1.54, 1.807) is 0 Å². The molecule has 1 saturated heterocycles. The van der Waals surface area contributed by atoms with Gasteiger partial charge in [-0.15, -0.1) is 0 Å². The van der Waals surface area contributed by atoms with Crippen LogP contribution in [0.2, 0.25) is 0 Å². The second-order valence-electron chi connectivity index (χ2n) is 8.04. The van der Waals surface area contributed by atoms with Crippen LogP contribution in [0.1, 0.15) is 47.3 Å². The summed E-state index contributed by atoms with van der Waals surface area (Å²) in [5, 5.41) is 19.6. The molecule has 1 aliphatic rings. The Balaban J connectivity index is 2.06. The van der Waals surface area contributed by atoms with Crippen LogP contribution in [-0.2, 0) is 11.2 Å². The van der Waals surface area contributed by atoms with Gasteiger partial charge in [0, 0.05) is 19.1 Å². The number of aromatic nitrogens is 1. The fraction of sp³-hybridized carbons (Fsp3) is 0.417. The van der Waals surface area contributed by atoms with Gasteiger partial charge < -0.3 is 15.5 Å². The Morgan fingerprint density at radius 2 is 1.84 bits per heavy atom. The minimum Gasteiger partial charge on any atom is -0.368 e. The molecule has 1 unspecified atom stereocenters. The van der Waals surface area contributed by atoms with Crippen molar-refractivity contribution in [3.63, 3.8) is 0 Å². The number of amides is 1. The van der Waals surface area contributed by atoms with Crippen molar-refractivity contribution in [1.29, 1.82) is 10.5 Å². The second kappa shape index (κ2) is 10.5. The maximum atomic E-state index is 12.3. The molecule has 0 aliphatic carbocycles. The number of piperidine rings is 1. The van der Waals surface area contributed by atoms with E-state index in [2.05, 4.69) is 36.0 Å². The average Bonchev–Trinajstić information content (AvgIpc) is 2.81. The van der Waals surface area contributed by atoms with E-state index in [1.807, 2.05) is 37.3 Å². The number of nitriles is 2. The molecule has 3 rings (SSSR count). The van der Waals surface area contributed by atoms with Gasteiger partial charge in [0.05, 0.1) is 11.1 Å². The molecular formula is C24H28N6OS. The molecule has 0 bridgehead atoms. The quantitative estimate of drug-likeness (QED) is 0.647. The lowest BCUT2D eigenvalue weighted by Gasteiger charge is -2.36. The summed E-state index contributed by atoms with van der Waals surface area (Å²) in [5.74, 6) is 0.0991. The number of pyridine rings is 1. The number of nitrogens with two attached hydrogens (primary N) is 1. The van der Waals surface area contributed by atoms with Crippen molar-refractivity contribution in [1.82, 2.24) is 9.88 Å². The van der Waals surface area contributed by atoms with Gasteiger partial charge >= 0.3 is 0 Å². The first-order valence-corrected chi connectivity index (χ1v) is 11.6. The van der Waals surface area contributed by atoms with Crippen molar-refractivity contribution in [2.75, 3.05) is 32.1 Å². The molecule has 1 aliphatic heterocycles. The van der Waals surface area contributed by atoms with E-state index in [0.29, 0.717) is 40.0 Å². The van der Waals surface area contributed by atoms with Crippen molar-refractivity contribution < 1.29 is 4.79 Å². The number of thioether (sulfide) groups is 1. The van der Waals surface area contributed by atoms with Crippen molar-refractivity contribution in [3.05, 3.63) is 52.6 Å². The molecule has 2 aromatic rings. The molecule has 166 valence electrons. The SMILES string of the molecule is CCc1c(C#N)c(SC(C(N)=O)c2ccccc2)nc(N2CCC(N(C)C)CC2)c1C#N. The molecule has 2 N–H and O–H groups in total. The fourth-order valence-electron chi connectivity index (χ4n) is 4.12. The van der Waals surface area contributed by atoms with Gasteiger partial charge in [-0.25, -0.2) is 4.98 Å². The summed E-state index contributed by atoms with van der Waals surface area (Å²) < 4.78 is 0. The predicted octanol–water partition coefficient (Wildman–Crippen LogP) is 3.24. The van der Waals surface area contributed by atoms with Gasteiger partial charge in [-0.1, -0.05) is 49.0 Å². The van der Waals surface area contributed by atoms with Crippen molar-refractivity contribution in [2.45, 2.75) is 42.5 Å². The molecule has 7 nitrogen and oxygen atoms in total. The van der Waals surface area contributed by atoms with Crippen LogP contribution < -0.4 is 10.6 Å². The standard InChI is InChI=1S/C24H28N6OS/c1-4-18-19(14-25)23(30-12-10-17(11-13-30)29(2)3)28-24(20(18)15-26)32-21(22(27)31)16-8-6-5-7-9-16/h5-9,17,21H,4,10-13H2,1-3H3,(H2,27,31). The minimum atomic E-state index is -0.680. The highest BCUT2D eigenvalue weighted by Gasteiger charge is 2.29. The second-order valence-corrected chi connectivity index (χ2v) is 9.13. The molecule has 1 amide bonds. The Bertz CT molecular complexity index is 1050. The number of carbonyl (C=O) groups excluding carboxylic acids is 1. The molecule has 0 spiro atoms. The van der Waals surface area contributed by atoms with Crippen LogP contribution in [0, 0.1) is 22.7 Å². The van der Waals surface area contributed by atoms with Crippen LogP contribution in [0.4, 0.5) is 5.82 Å². The fourth-order valence-corrected chi connectivity index (χ4v) is 5.18. The Kier molecular flexibility index (Phi) is 7.74. The van der Waals surface area contributed by atoms with E-state index in [9.17, 15) is 15.3 Å². The summed E-state index contributed by atoms with van der Waals surface area (Å²) in [5.41, 5.74) is 7.95. The monoisotopic (exact) mass is 448 g/mol. The van der Waals surface area contributed by atoms with E-state index in [4.69, 9.17) is 10.7 Å². The van der Waals surface area contributed by atoms with Gasteiger partial charge in [0.15, 0.2) is 0 Å². The van der Waals surface area contributed by atoms with E-state index >= 15 is 0 Å². The number of rotatable bonds is 7. The highest BCUT2D eigenvalue weighted by Crippen LogP contribution is 2.40. The first-order valence-electron chi connectivity index (χ1n) is 10.7. The van der Waals surface area contributed by atoms with Crippen LogP contribution in [0.25, 0.3) is 0 Å². The highest BCUT2D eigenvalue weighted by molar-refractivity contribution is 8.00. The summed E-state index contributed by atoms with van der Waals surface area (Å²) in [6, 6.07) is 14.3. The van der Waals surface area contributed by atoms with Crippen LogP contribution in [-0.4, -0.2) is 49.0 Å². The number of anilines is 1. The zero-order valence-electron chi connectivity index (χ0n) is 18.7. The lowest BCUT2D eigenvalue weighted by molar-refractivity contribution is -0.117. The summed E-state index contributed by atoms with van der Waals surface area (Å²) in [6.45, 7) is 3.49. The van der Waals surface area contributed by atoms with Crippen LogP contribution in [0.5, 0.6) is 0 Å². The van der Waals surface area contributed by atoms with Crippen molar-refractivity contribution >= 4 is 23.5 Å². The van der Waals surface area contributed by atoms with E-state index in [0.717, 1.165) is 31.5 Å². The number of carbonyl (C=O) groups is 1. The number of hydrogen-bond donors (Lipinski definition) is 1. The molecule has 32 heavy (non-hydrogen) atoms. The zero-order chi connectivity index (χ0) is 23.3. The van der Waals surface area contributed by atoms with Gasteiger partial charge in [0.1, 0.15) is 28.2 Å². The Morgan fingerprint density at radius 3 is 2.34 bits per heavy atom. The molecule has 2 heterocycles. The van der Waals surface area contributed by atoms with Crippen molar-refractivity contribution in [2.24, 2.45) is 5.73 Å². The topological polar surface area (TPSA) is 110 Å². The van der Waals surface area contributed by atoms with Gasteiger partial charge in [-0.05, 0) is 44.5 Å². The largest absolute Gasteiger partial charge is 0.368 e. The first kappa shape index (κ1) is 23.6. The van der Waals surface area contributed by atoms with E-state index < -0.39 is 11.2 Å². The molecule has 1 atom stereocenters. The lowest BCUT2D eigenvalue weighted by atomic mass is 9.99. The number of primary amides is 1. The molecule has 1 aromatic heterocycles. The predicted molar refractivity (Wildman–Crippen MR) is 126 cm³/mol. The molecule has 1 fully saturated rings. The summed E-state index contributed by atoms with van der Waals surface area (Å²) in [6.07, 6.45) is 2.46. The normalized spacial score (nSPS) is 15.2. The molecular weight excluding hydrogens is 420 g/mol. The third-order valence-corrected chi connectivity index (χ3v) is 7.17. The summed E-state index contributed by atoms with van der Waals surface area (Å²) in [4.78, 5) is 21.4. The smallest absolute Gasteiger partial charge is 0.235 e. The van der Waals surface area contributed by atoms with Crippen LogP contribution in [0.15, 0.2) is 35.4 Å². The summed E-state index contributed by atoms with van der Waals surface area (Å²) >= 11 is 1.18. The van der Waals surface area contributed by atoms with Crippen molar-refractivity contribution in [3.8, 4) is 12.1 Å². The van der Waals surface area contributed by atoms with E-state index in [1.165, 1.54) is 11.8 Å². The third kappa shape index (κ3) is 4.88. The lowest BCUT2D eigenvalue weighted by Crippen LogP contribution is -2.42. The Labute approximate surface area is 193 Å². The molecule has 0 radical (unpaired) electrons. The van der Waals surface area contributed by atoms with Gasteiger partial charge in [-0.3, -0.25) is 4.79 Å². The highest BCUT2D eigenvalue weighted by atomic mass is 32.2. The minimum absolute atomic E-state index is 0.350. The third-order valence-electron chi connectivity index (χ3n) is 5.91.